The molecule has 20 heavy (non-hydrogen) atoms. The van der Waals surface area contributed by atoms with Crippen LogP contribution in [0.3, 0.4) is 0 Å². The predicted molar refractivity (Wildman–Crippen MR) is 74.3 cm³/mol. The van der Waals surface area contributed by atoms with E-state index >= 15 is 0 Å². The van der Waals surface area contributed by atoms with Crippen LogP contribution >= 0.6 is 0 Å². The molecule has 0 rings (SSSR count). The van der Waals surface area contributed by atoms with Crippen LogP contribution in [-0.4, -0.2) is 60.1 Å². The summed E-state index contributed by atoms with van der Waals surface area (Å²) in [5.74, 6) is -0.892. The summed E-state index contributed by atoms with van der Waals surface area (Å²) in [6.07, 6.45) is 2.03. The van der Waals surface area contributed by atoms with Gasteiger partial charge in [0.05, 0.1) is 18.5 Å². The molecule has 0 saturated heterocycles. The summed E-state index contributed by atoms with van der Waals surface area (Å²) in [6.45, 7) is -1.03. The molecule has 2 atom stereocenters. The Hall–Kier alpha value is -1.51. The number of Topliss-reactive ketones (excluding diaryl/α,β-unsaturated/α-hetero) is 1. The lowest BCUT2D eigenvalue weighted by Gasteiger charge is -2.20. The highest BCUT2D eigenvalue weighted by Crippen LogP contribution is 2.05. The Morgan fingerprint density at radius 3 is 2.35 bits per heavy atom. The molecule has 0 radical (unpaired) electrons. The summed E-state index contributed by atoms with van der Waals surface area (Å²) < 4.78 is 0. The zero-order valence-electron chi connectivity index (χ0n) is 11.7. The molecule has 8 nitrogen and oxygen atoms in total. The van der Waals surface area contributed by atoms with Crippen molar-refractivity contribution in [3.63, 3.8) is 0 Å². The minimum absolute atomic E-state index is 0.0783. The number of ketones is 1. The Morgan fingerprint density at radius 1 is 1.25 bits per heavy atom. The predicted octanol–water partition coefficient (Wildman–Crippen LogP) is -1.89. The Morgan fingerprint density at radius 2 is 1.90 bits per heavy atom. The number of likely N-dealkylation sites (N-methyl/N-ethyl adjacent to an activating group) is 1. The van der Waals surface area contributed by atoms with E-state index in [1.807, 2.05) is 0 Å². The van der Waals surface area contributed by atoms with E-state index in [0.29, 0.717) is 25.7 Å². The Kier molecular flexibility index (Phi) is 9.52. The second kappa shape index (κ2) is 10.3. The summed E-state index contributed by atoms with van der Waals surface area (Å²) in [4.78, 5) is 23.3. The van der Waals surface area contributed by atoms with Gasteiger partial charge in [0, 0.05) is 6.42 Å². The first-order chi connectivity index (χ1) is 9.46. The number of hydrogen-bond donors (Lipinski definition) is 6. The van der Waals surface area contributed by atoms with Crippen molar-refractivity contribution >= 4 is 17.5 Å². The van der Waals surface area contributed by atoms with Gasteiger partial charge in [-0.2, -0.15) is 0 Å². The Labute approximate surface area is 118 Å². The summed E-state index contributed by atoms with van der Waals surface area (Å²) in [5.41, 5.74) is 5.22. The molecule has 0 aliphatic heterocycles. The van der Waals surface area contributed by atoms with Crippen LogP contribution in [0.5, 0.6) is 0 Å². The molecular weight excluding hydrogens is 264 g/mol. The van der Waals surface area contributed by atoms with Gasteiger partial charge in [0.25, 0.3) is 0 Å². The monoisotopic (exact) mass is 288 g/mol. The first-order valence-corrected chi connectivity index (χ1v) is 6.51. The lowest BCUT2D eigenvalue weighted by Crippen LogP contribution is -2.51. The molecule has 0 bridgehead atoms. The normalized spacial score (nSPS) is 13.6. The first kappa shape index (κ1) is 18.5. The highest BCUT2D eigenvalue weighted by Gasteiger charge is 2.23. The van der Waals surface area contributed by atoms with Crippen molar-refractivity contribution in [2.24, 2.45) is 5.73 Å². The van der Waals surface area contributed by atoms with E-state index in [1.54, 1.807) is 0 Å². The zero-order valence-corrected chi connectivity index (χ0v) is 11.7. The van der Waals surface area contributed by atoms with Gasteiger partial charge in [0.1, 0.15) is 12.6 Å². The van der Waals surface area contributed by atoms with Crippen molar-refractivity contribution in [1.29, 1.82) is 5.41 Å². The molecule has 0 saturated carbocycles. The Balaban J connectivity index is 4.38. The third kappa shape index (κ3) is 7.17. The van der Waals surface area contributed by atoms with Gasteiger partial charge in [-0.25, -0.2) is 0 Å². The molecule has 116 valence electrons. The second-order valence-corrected chi connectivity index (χ2v) is 4.48. The van der Waals surface area contributed by atoms with Crippen LogP contribution in [0.2, 0.25) is 0 Å². The van der Waals surface area contributed by atoms with Crippen LogP contribution in [0, 0.1) is 5.41 Å². The van der Waals surface area contributed by atoms with Crippen molar-refractivity contribution in [2.75, 3.05) is 20.3 Å². The van der Waals surface area contributed by atoms with Crippen molar-refractivity contribution in [3.05, 3.63) is 0 Å². The number of nitrogens with two attached hydrogens (primary N) is 1. The number of nitrogens with one attached hydrogen (secondary N) is 3. The highest BCUT2D eigenvalue weighted by atomic mass is 16.3. The molecule has 1 amide bonds. The maximum atomic E-state index is 11.8. The quantitative estimate of drug-likeness (QED) is 0.149. The molecule has 0 aromatic carbocycles. The number of amidine groups is 1. The maximum absolute atomic E-state index is 11.8. The van der Waals surface area contributed by atoms with Gasteiger partial charge in [0.15, 0.2) is 5.78 Å². The molecular formula is C12H24N4O4. The molecule has 0 heterocycles. The molecule has 0 aromatic heterocycles. The van der Waals surface area contributed by atoms with Gasteiger partial charge < -0.3 is 26.6 Å². The van der Waals surface area contributed by atoms with E-state index in [-0.39, 0.29) is 12.4 Å². The van der Waals surface area contributed by atoms with Crippen molar-refractivity contribution in [2.45, 2.75) is 37.8 Å². The molecule has 0 aliphatic carbocycles. The third-order valence-corrected chi connectivity index (χ3v) is 2.90. The van der Waals surface area contributed by atoms with Gasteiger partial charge in [-0.1, -0.05) is 6.42 Å². The fourth-order valence-corrected chi connectivity index (χ4v) is 1.67. The minimum Gasteiger partial charge on any atom is -0.394 e. The highest BCUT2D eigenvalue weighted by molar-refractivity contribution is 5.91. The summed E-state index contributed by atoms with van der Waals surface area (Å²) in [5, 5.41) is 30.1. The standard InChI is InChI=1S/C12H24N4O4/c1-15-9(6-17)12(20)16-8(10(19)7-18)4-2-3-5-11(13)14/h8-9,15,17-18H,2-7H2,1H3,(H3,13,14)(H,16,20)/t8?,9-/m0/s1. The average molecular weight is 288 g/mol. The molecule has 0 fully saturated rings. The number of amides is 1. The number of hydrogen-bond acceptors (Lipinski definition) is 6. The number of unbranched alkanes of at least 4 members (excludes halogenated alkanes) is 1. The summed E-state index contributed by atoms with van der Waals surface area (Å²) in [6, 6.07) is -1.58. The van der Waals surface area contributed by atoms with Crippen LogP contribution in [0.25, 0.3) is 0 Å². The smallest absolute Gasteiger partial charge is 0.240 e. The first-order valence-electron chi connectivity index (χ1n) is 6.51. The van der Waals surface area contributed by atoms with Crippen LogP contribution in [-0.2, 0) is 9.59 Å². The third-order valence-electron chi connectivity index (χ3n) is 2.90. The van der Waals surface area contributed by atoms with E-state index in [4.69, 9.17) is 21.4 Å². The molecule has 0 aliphatic rings. The van der Waals surface area contributed by atoms with E-state index < -0.39 is 30.4 Å². The fraction of sp³-hybridized carbons (Fsp3) is 0.750. The van der Waals surface area contributed by atoms with E-state index in [0.717, 1.165) is 0 Å². The van der Waals surface area contributed by atoms with Gasteiger partial charge >= 0.3 is 0 Å². The maximum Gasteiger partial charge on any atom is 0.240 e. The van der Waals surface area contributed by atoms with Crippen LogP contribution < -0.4 is 16.4 Å². The number of aliphatic hydroxyl groups excluding tert-OH is 2. The van der Waals surface area contributed by atoms with Crippen molar-refractivity contribution < 1.29 is 19.8 Å². The number of carbonyl (C=O) groups excluding carboxylic acids is 2. The molecule has 1 unspecified atom stereocenters. The minimum atomic E-state index is -0.791. The molecule has 8 heteroatoms. The topological polar surface area (TPSA) is 149 Å². The molecule has 0 spiro atoms. The largest absolute Gasteiger partial charge is 0.394 e. The Bertz CT molecular complexity index is 331. The van der Waals surface area contributed by atoms with Gasteiger partial charge in [-0.05, 0) is 19.9 Å². The molecule has 7 N–H and O–H groups in total. The summed E-state index contributed by atoms with van der Waals surface area (Å²) >= 11 is 0. The number of aliphatic hydroxyl groups is 2. The van der Waals surface area contributed by atoms with Crippen LogP contribution in [0.4, 0.5) is 0 Å². The zero-order chi connectivity index (χ0) is 15.5. The fourth-order valence-electron chi connectivity index (χ4n) is 1.67. The number of carbonyl (C=O) groups is 2. The van der Waals surface area contributed by atoms with Crippen LogP contribution in [0.1, 0.15) is 25.7 Å². The van der Waals surface area contributed by atoms with Crippen LogP contribution in [0.15, 0.2) is 0 Å². The van der Waals surface area contributed by atoms with Gasteiger partial charge in [-0.3, -0.25) is 15.0 Å². The van der Waals surface area contributed by atoms with Crippen molar-refractivity contribution in [3.8, 4) is 0 Å². The lowest BCUT2D eigenvalue weighted by molar-refractivity contribution is -0.130. The SMILES string of the molecule is CN[C@@H](CO)C(=O)NC(CCCCC(=N)N)C(=O)CO. The van der Waals surface area contributed by atoms with E-state index in [9.17, 15) is 9.59 Å². The average Bonchev–Trinajstić information content (AvgIpc) is 2.42. The van der Waals surface area contributed by atoms with Gasteiger partial charge in [0.2, 0.25) is 5.91 Å². The van der Waals surface area contributed by atoms with E-state index in [2.05, 4.69) is 10.6 Å². The second-order valence-electron chi connectivity index (χ2n) is 4.48. The number of rotatable bonds is 11. The summed E-state index contributed by atoms with van der Waals surface area (Å²) in [7, 11) is 1.52. The van der Waals surface area contributed by atoms with Gasteiger partial charge in [-0.15, -0.1) is 0 Å². The van der Waals surface area contributed by atoms with E-state index in [1.165, 1.54) is 7.05 Å². The lowest BCUT2D eigenvalue weighted by atomic mass is 10.0. The van der Waals surface area contributed by atoms with Crippen molar-refractivity contribution in [1.82, 2.24) is 10.6 Å². The molecule has 0 aromatic rings.